The van der Waals surface area contributed by atoms with Gasteiger partial charge in [0.15, 0.2) is 12.4 Å². The summed E-state index contributed by atoms with van der Waals surface area (Å²) >= 11 is 0. The molecule has 0 spiro atoms. The van der Waals surface area contributed by atoms with Crippen LogP contribution in [0, 0.1) is 0 Å². The monoisotopic (exact) mass is 383 g/mol. The van der Waals surface area contributed by atoms with Crippen molar-refractivity contribution in [2.24, 2.45) is 0 Å². The van der Waals surface area contributed by atoms with Crippen molar-refractivity contribution in [2.75, 3.05) is 21.2 Å². The predicted octanol–water partition coefficient (Wildman–Crippen LogP) is 0.699. The molecule has 2 rings (SSSR count). The molecule has 1 aromatic heterocycles. The zero-order valence-electron chi connectivity index (χ0n) is 15.0. The van der Waals surface area contributed by atoms with E-state index in [1.54, 1.807) is 4.68 Å². The number of carbonyl (C=O) groups is 1. The van der Waals surface area contributed by atoms with Gasteiger partial charge in [-0.25, -0.2) is 22.2 Å². The van der Waals surface area contributed by atoms with Gasteiger partial charge in [0.1, 0.15) is 10.6 Å². The van der Waals surface area contributed by atoms with Crippen LogP contribution in [0.3, 0.4) is 0 Å². The molecule has 26 heavy (non-hydrogen) atoms. The van der Waals surface area contributed by atoms with E-state index in [-0.39, 0.29) is 22.8 Å². The summed E-state index contributed by atoms with van der Waals surface area (Å²) in [5.41, 5.74) is 0.0840. The molecule has 0 amide bonds. The predicted molar refractivity (Wildman–Crippen MR) is 91.1 cm³/mol. The molecule has 0 saturated carbocycles. The number of tetrazole rings is 1. The Morgan fingerprint density at radius 3 is 2.65 bits per heavy atom. The van der Waals surface area contributed by atoms with Gasteiger partial charge >= 0.3 is 5.97 Å². The van der Waals surface area contributed by atoms with Crippen LogP contribution in [0.4, 0.5) is 0 Å². The molecule has 2 aromatic rings. The Kier molecular flexibility index (Phi) is 6.27. The molecular formula is C15H21N5O5S. The quantitative estimate of drug-likeness (QED) is 0.612. The van der Waals surface area contributed by atoms with Gasteiger partial charge in [0.2, 0.25) is 10.0 Å². The number of carbonyl (C=O) groups excluding carboxylic acids is 1. The van der Waals surface area contributed by atoms with Gasteiger partial charge < -0.3 is 9.47 Å². The van der Waals surface area contributed by atoms with Crippen molar-refractivity contribution in [3.63, 3.8) is 0 Å². The summed E-state index contributed by atoms with van der Waals surface area (Å²) in [6.45, 7) is 2.46. The van der Waals surface area contributed by atoms with E-state index in [0.717, 1.165) is 10.7 Å². The maximum atomic E-state index is 12.4. The zero-order valence-corrected chi connectivity index (χ0v) is 15.9. The summed E-state index contributed by atoms with van der Waals surface area (Å²) in [5.74, 6) is -0.133. The molecule has 0 saturated heterocycles. The second kappa shape index (κ2) is 8.23. The first-order valence-electron chi connectivity index (χ1n) is 7.84. The number of hydrogen-bond acceptors (Lipinski definition) is 8. The van der Waals surface area contributed by atoms with Gasteiger partial charge in [-0.2, -0.15) is 0 Å². The Morgan fingerprint density at radius 1 is 1.31 bits per heavy atom. The van der Waals surface area contributed by atoms with E-state index in [4.69, 9.17) is 9.47 Å². The second-order valence-electron chi connectivity index (χ2n) is 5.55. The highest BCUT2D eigenvalue weighted by Gasteiger charge is 2.24. The van der Waals surface area contributed by atoms with Crippen LogP contribution in [0.2, 0.25) is 0 Å². The number of esters is 1. The average molecular weight is 383 g/mol. The minimum absolute atomic E-state index is 0.0840. The Balaban J connectivity index is 2.23. The molecule has 1 aromatic carbocycles. The van der Waals surface area contributed by atoms with Gasteiger partial charge in [-0.3, -0.25) is 0 Å². The van der Waals surface area contributed by atoms with Gasteiger partial charge in [0.05, 0.1) is 12.7 Å². The number of aryl methyl sites for hydroxylation is 1. The fourth-order valence-corrected chi connectivity index (χ4v) is 3.20. The number of aromatic nitrogens is 4. The Morgan fingerprint density at radius 2 is 2.04 bits per heavy atom. The first kappa shape index (κ1) is 19.8. The summed E-state index contributed by atoms with van der Waals surface area (Å²) in [5, 5.41) is 11.2. The topological polar surface area (TPSA) is 117 Å². The molecule has 0 aliphatic heterocycles. The van der Waals surface area contributed by atoms with Crippen molar-refractivity contribution in [1.82, 2.24) is 24.5 Å². The van der Waals surface area contributed by atoms with Crippen LogP contribution in [-0.2, 0) is 27.9 Å². The third-order valence-electron chi connectivity index (χ3n) is 3.53. The lowest BCUT2D eigenvalue weighted by Crippen LogP contribution is -2.23. The summed E-state index contributed by atoms with van der Waals surface area (Å²) in [4.78, 5) is 12.2. The summed E-state index contributed by atoms with van der Waals surface area (Å²) in [6, 6.07) is 4.07. The van der Waals surface area contributed by atoms with E-state index in [1.807, 2.05) is 6.92 Å². The fourth-order valence-electron chi connectivity index (χ4n) is 2.13. The number of ether oxygens (including phenoxy) is 2. The molecule has 0 radical (unpaired) electrons. The molecule has 0 aliphatic rings. The fraction of sp³-hybridized carbons (Fsp3) is 0.467. The largest absolute Gasteiger partial charge is 0.495 e. The van der Waals surface area contributed by atoms with E-state index in [2.05, 4.69) is 15.5 Å². The number of methoxy groups -OCH3 is 1. The average Bonchev–Trinajstić information content (AvgIpc) is 3.06. The van der Waals surface area contributed by atoms with Crippen molar-refractivity contribution >= 4 is 16.0 Å². The smallest absolute Gasteiger partial charge is 0.338 e. The van der Waals surface area contributed by atoms with Crippen LogP contribution in [0.1, 0.15) is 29.5 Å². The maximum absolute atomic E-state index is 12.4. The lowest BCUT2D eigenvalue weighted by atomic mass is 10.2. The van der Waals surface area contributed by atoms with E-state index in [1.165, 1.54) is 39.4 Å². The number of rotatable bonds is 8. The van der Waals surface area contributed by atoms with Crippen LogP contribution in [0.25, 0.3) is 0 Å². The van der Waals surface area contributed by atoms with E-state index in [9.17, 15) is 13.2 Å². The van der Waals surface area contributed by atoms with Crippen LogP contribution in [-0.4, -0.2) is 60.1 Å². The maximum Gasteiger partial charge on any atom is 0.338 e. The molecule has 0 aliphatic carbocycles. The van der Waals surface area contributed by atoms with E-state index >= 15 is 0 Å². The third-order valence-corrected chi connectivity index (χ3v) is 5.37. The van der Waals surface area contributed by atoms with Gasteiger partial charge in [-0.15, -0.1) is 5.10 Å². The minimum Gasteiger partial charge on any atom is -0.495 e. The van der Waals surface area contributed by atoms with Gasteiger partial charge in [0, 0.05) is 20.6 Å². The molecule has 0 N–H and O–H groups in total. The highest BCUT2D eigenvalue weighted by atomic mass is 32.2. The lowest BCUT2D eigenvalue weighted by Gasteiger charge is -2.15. The number of hydrogen-bond donors (Lipinski definition) is 0. The molecule has 0 bridgehead atoms. The van der Waals surface area contributed by atoms with Gasteiger partial charge in [0.25, 0.3) is 0 Å². The molecular weight excluding hydrogens is 362 g/mol. The molecule has 0 fully saturated rings. The normalized spacial score (nSPS) is 11.6. The lowest BCUT2D eigenvalue weighted by molar-refractivity contribution is 0.0456. The van der Waals surface area contributed by atoms with Crippen LogP contribution in [0.5, 0.6) is 5.75 Å². The molecule has 0 unspecified atom stereocenters. The zero-order chi connectivity index (χ0) is 19.3. The van der Waals surface area contributed by atoms with Crippen molar-refractivity contribution in [3.05, 3.63) is 29.6 Å². The molecule has 10 nitrogen and oxygen atoms in total. The summed E-state index contributed by atoms with van der Waals surface area (Å²) in [7, 11) is 0.365. The second-order valence-corrected chi connectivity index (χ2v) is 7.67. The van der Waals surface area contributed by atoms with Crippen LogP contribution in [0.15, 0.2) is 23.1 Å². The van der Waals surface area contributed by atoms with Crippen LogP contribution < -0.4 is 4.74 Å². The Hall–Kier alpha value is -2.53. The SMILES string of the molecule is CCCn1nnnc1COC(=O)c1ccc(OC)c(S(=O)(=O)N(C)C)c1. The molecule has 142 valence electrons. The van der Waals surface area contributed by atoms with Gasteiger partial charge in [-0.05, 0) is 35.0 Å². The Labute approximate surface area is 151 Å². The first-order valence-corrected chi connectivity index (χ1v) is 9.28. The number of sulfonamides is 1. The Bertz CT molecular complexity index is 878. The summed E-state index contributed by atoms with van der Waals surface area (Å²) in [6.07, 6.45) is 0.830. The van der Waals surface area contributed by atoms with Crippen LogP contribution >= 0.6 is 0 Å². The van der Waals surface area contributed by atoms with Crippen molar-refractivity contribution in [2.45, 2.75) is 31.4 Å². The minimum atomic E-state index is -3.78. The highest BCUT2D eigenvalue weighted by molar-refractivity contribution is 7.89. The van der Waals surface area contributed by atoms with Gasteiger partial charge in [-0.1, -0.05) is 6.92 Å². The summed E-state index contributed by atoms with van der Waals surface area (Å²) < 4.78 is 37.7. The van der Waals surface area contributed by atoms with E-state index in [0.29, 0.717) is 12.4 Å². The molecule has 11 heteroatoms. The van der Waals surface area contributed by atoms with Crippen molar-refractivity contribution in [3.8, 4) is 5.75 Å². The van der Waals surface area contributed by atoms with Crippen molar-refractivity contribution in [1.29, 1.82) is 0 Å². The third kappa shape index (κ3) is 4.17. The number of benzene rings is 1. The first-order chi connectivity index (χ1) is 12.3. The standard InChI is InChI=1S/C15H21N5O5S/c1-5-8-20-14(16-17-18-20)10-25-15(21)11-6-7-12(24-4)13(9-11)26(22,23)19(2)3/h6-7,9H,5,8,10H2,1-4H3. The number of nitrogens with zero attached hydrogens (tertiary/aromatic N) is 5. The molecule has 1 heterocycles. The highest BCUT2D eigenvalue weighted by Crippen LogP contribution is 2.27. The van der Waals surface area contributed by atoms with Crippen molar-refractivity contribution < 1.29 is 22.7 Å². The van der Waals surface area contributed by atoms with E-state index < -0.39 is 16.0 Å². The molecule has 0 atom stereocenters.